The SMILES string of the molecule is Cc1cc(Br)ccc1NC(=O)/C=C/c1coc2ccccc2c1=O. The number of hydrogen-bond donors (Lipinski definition) is 1. The first-order valence-corrected chi connectivity index (χ1v) is 8.09. The van der Waals surface area contributed by atoms with Crippen molar-refractivity contribution in [3.05, 3.63) is 80.6 Å². The second-order valence-electron chi connectivity index (χ2n) is 5.30. The first-order chi connectivity index (χ1) is 11.5. The standard InChI is InChI=1S/C19H14BrNO3/c1-12-10-14(20)7-8-16(12)21-18(22)9-6-13-11-24-17-5-3-2-4-15(17)19(13)23/h2-11H,1H3,(H,21,22)/b9-6+. The van der Waals surface area contributed by atoms with Crippen molar-refractivity contribution in [1.29, 1.82) is 0 Å². The van der Waals surface area contributed by atoms with Gasteiger partial charge in [-0.25, -0.2) is 0 Å². The number of anilines is 1. The van der Waals surface area contributed by atoms with Gasteiger partial charge in [0.15, 0.2) is 5.43 Å². The summed E-state index contributed by atoms with van der Waals surface area (Å²) in [4.78, 5) is 24.4. The minimum absolute atomic E-state index is 0.166. The van der Waals surface area contributed by atoms with E-state index in [1.807, 2.05) is 25.1 Å². The number of para-hydroxylation sites is 1. The number of rotatable bonds is 3. The van der Waals surface area contributed by atoms with Gasteiger partial charge < -0.3 is 9.73 Å². The molecule has 0 bridgehead atoms. The van der Waals surface area contributed by atoms with Crippen LogP contribution in [0.15, 0.2) is 68.5 Å². The van der Waals surface area contributed by atoms with Gasteiger partial charge in [0.2, 0.25) is 5.91 Å². The van der Waals surface area contributed by atoms with Crippen LogP contribution in [0.25, 0.3) is 17.0 Å². The third-order valence-corrected chi connectivity index (χ3v) is 4.06. The Bertz CT molecular complexity index is 1000. The van der Waals surface area contributed by atoms with Gasteiger partial charge in [-0.15, -0.1) is 0 Å². The first-order valence-electron chi connectivity index (χ1n) is 7.30. The molecule has 3 aromatic rings. The van der Waals surface area contributed by atoms with E-state index in [1.165, 1.54) is 18.4 Å². The van der Waals surface area contributed by atoms with Crippen LogP contribution < -0.4 is 10.7 Å². The molecule has 0 aliphatic rings. The van der Waals surface area contributed by atoms with Gasteiger partial charge in [0, 0.05) is 16.2 Å². The van der Waals surface area contributed by atoms with E-state index in [9.17, 15) is 9.59 Å². The molecule has 0 radical (unpaired) electrons. The lowest BCUT2D eigenvalue weighted by Gasteiger charge is -2.06. The van der Waals surface area contributed by atoms with Crippen LogP contribution in [0.1, 0.15) is 11.1 Å². The van der Waals surface area contributed by atoms with Crippen molar-refractivity contribution in [3.8, 4) is 0 Å². The summed E-state index contributed by atoms with van der Waals surface area (Å²) < 4.78 is 6.36. The molecular weight excluding hydrogens is 370 g/mol. The molecule has 0 fully saturated rings. The number of carbonyl (C=O) groups excluding carboxylic acids is 1. The number of fused-ring (bicyclic) bond motifs is 1. The highest BCUT2D eigenvalue weighted by atomic mass is 79.9. The Hall–Kier alpha value is -2.66. The number of carbonyl (C=O) groups is 1. The van der Waals surface area contributed by atoms with Crippen molar-refractivity contribution in [2.24, 2.45) is 0 Å². The van der Waals surface area contributed by atoms with E-state index >= 15 is 0 Å². The monoisotopic (exact) mass is 383 g/mol. The summed E-state index contributed by atoms with van der Waals surface area (Å²) in [5.41, 5.74) is 2.35. The van der Waals surface area contributed by atoms with Crippen LogP contribution in [0.5, 0.6) is 0 Å². The molecule has 0 spiro atoms. The van der Waals surface area contributed by atoms with Crippen LogP contribution in [0.3, 0.4) is 0 Å². The van der Waals surface area contributed by atoms with Gasteiger partial charge >= 0.3 is 0 Å². The molecule has 0 atom stereocenters. The molecule has 0 aliphatic heterocycles. The van der Waals surface area contributed by atoms with Gasteiger partial charge in [-0.1, -0.05) is 28.1 Å². The van der Waals surface area contributed by atoms with Crippen LogP contribution in [-0.4, -0.2) is 5.91 Å². The summed E-state index contributed by atoms with van der Waals surface area (Å²) in [7, 11) is 0. The normalized spacial score (nSPS) is 11.1. The average Bonchev–Trinajstić information content (AvgIpc) is 2.57. The van der Waals surface area contributed by atoms with Crippen molar-refractivity contribution >= 4 is 44.6 Å². The van der Waals surface area contributed by atoms with Crippen LogP contribution in [0, 0.1) is 6.92 Å². The minimum atomic E-state index is -0.312. The average molecular weight is 384 g/mol. The quantitative estimate of drug-likeness (QED) is 0.676. The number of nitrogens with one attached hydrogen (secondary N) is 1. The van der Waals surface area contributed by atoms with Crippen molar-refractivity contribution in [2.45, 2.75) is 6.92 Å². The molecule has 1 amide bonds. The van der Waals surface area contributed by atoms with Crippen molar-refractivity contribution in [1.82, 2.24) is 0 Å². The Morgan fingerprint density at radius 2 is 2.00 bits per heavy atom. The fraction of sp³-hybridized carbons (Fsp3) is 0.0526. The fourth-order valence-electron chi connectivity index (χ4n) is 2.32. The lowest BCUT2D eigenvalue weighted by atomic mass is 10.1. The van der Waals surface area contributed by atoms with Crippen molar-refractivity contribution in [2.75, 3.05) is 5.32 Å². The van der Waals surface area contributed by atoms with Crippen LogP contribution >= 0.6 is 15.9 Å². The van der Waals surface area contributed by atoms with E-state index in [1.54, 1.807) is 24.3 Å². The third-order valence-electron chi connectivity index (χ3n) is 3.57. The Balaban J connectivity index is 1.81. The molecule has 1 aromatic heterocycles. The predicted molar refractivity (Wildman–Crippen MR) is 99.0 cm³/mol. The summed E-state index contributed by atoms with van der Waals surface area (Å²) in [6.45, 7) is 1.90. The van der Waals surface area contributed by atoms with Crippen LogP contribution in [-0.2, 0) is 4.79 Å². The summed E-state index contributed by atoms with van der Waals surface area (Å²) in [6, 6.07) is 12.6. The van der Waals surface area contributed by atoms with E-state index in [4.69, 9.17) is 4.42 Å². The smallest absolute Gasteiger partial charge is 0.248 e. The van der Waals surface area contributed by atoms with Gasteiger partial charge in [-0.3, -0.25) is 9.59 Å². The lowest BCUT2D eigenvalue weighted by Crippen LogP contribution is -2.10. The fourth-order valence-corrected chi connectivity index (χ4v) is 2.79. The molecule has 4 nitrogen and oxygen atoms in total. The molecule has 0 aliphatic carbocycles. The molecule has 5 heteroatoms. The maximum absolute atomic E-state index is 12.3. The van der Waals surface area contributed by atoms with E-state index in [-0.39, 0.29) is 11.3 Å². The van der Waals surface area contributed by atoms with E-state index in [0.717, 1.165) is 15.7 Å². The molecular formula is C19H14BrNO3. The summed E-state index contributed by atoms with van der Waals surface area (Å²) in [5, 5.41) is 3.27. The maximum atomic E-state index is 12.3. The third kappa shape index (κ3) is 3.46. The Morgan fingerprint density at radius 1 is 1.21 bits per heavy atom. The first kappa shape index (κ1) is 16.2. The predicted octanol–water partition coefficient (Wildman–Crippen LogP) is 4.52. The molecule has 1 N–H and O–H groups in total. The molecule has 0 saturated carbocycles. The zero-order valence-corrected chi connectivity index (χ0v) is 14.5. The molecule has 0 unspecified atom stereocenters. The Morgan fingerprint density at radius 3 is 2.79 bits per heavy atom. The minimum Gasteiger partial charge on any atom is -0.463 e. The molecule has 24 heavy (non-hydrogen) atoms. The highest BCUT2D eigenvalue weighted by molar-refractivity contribution is 9.10. The summed E-state index contributed by atoms with van der Waals surface area (Å²) in [5.74, 6) is -0.312. The van der Waals surface area contributed by atoms with Crippen molar-refractivity contribution in [3.63, 3.8) is 0 Å². The van der Waals surface area contributed by atoms with Gasteiger partial charge in [-0.2, -0.15) is 0 Å². The summed E-state index contributed by atoms with van der Waals surface area (Å²) in [6.07, 6.45) is 4.14. The molecule has 3 rings (SSSR count). The Labute approximate surface area is 146 Å². The number of halogens is 1. The van der Waals surface area contributed by atoms with Crippen LogP contribution in [0.4, 0.5) is 5.69 Å². The zero-order chi connectivity index (χ0) is 17.1. The van der Waals surface area contributed by atoms with E-state index < -0.39 is 0 Å². The number of aryl methyl sites for hydroxylation is 1. The van der Waals surface area contributed by atoms with Gasteiger partial charge in [-0.05, 0) is 48.9 Å². The number of benzene rings is 2. The maximum Gasteiger partial charge on any atom is 0.248 e. The summed E-state index contributed by atoms with van der Waals surface area (Å²) >= 11 is 3.38. The topological polar surface area (TPSA) is 59.3 Å². The molecule has 2 aromatic carbocycles. The van der Waals surface area contributed by atoms with Gasteiger partial charge in [0.25, 0.3) is 0 Å². The van der Waals surface area contributed by atoms with Crippen LogP contribution in [0.2, 0.25) is 0 Å². The number of amides is 1. The molecule has 0 saturated heterocycles. The second kappa shape index (κ2) is 6.84. The Kier molecular flexibility index (Phi) is 4.62. The highest BCUT2D eigenvalue weighted by Gasteiger charge is 2.05. The number of hydrogen-bond acceptors (Lipinski definition) is 3. The van der Waals surface area contributed by atoms with Gasteiger partial charge in [0.1, 0.15) is 11.8 Å². The van der Waals surface area contributed by atoms with E-state index in [2.05, 4.69) is 21.2 Å². The lowest BCUT2D eigenvalue weighted by molar-refractivity contribution is -0.111. The molecule has 1 heterocycles. The van der Waals surface area contributed by atoms with E-state index in [0.29, 0.717) is 16.5 Å². The second-order valence-corrected chi connectivity index (χ2v) is 6.21. The zero-order valence-electron chi connectivity index (χ0n) is 12.9. The van der Waals surface area contributed by atoms with Gasteiger partial charge in [0.05, 0.1) is 10.9 Å². The molecule has 120 valence electrons. The largest absolute Gasteiger partial charge is 0.463 e. The van der Waals surface area contributed by atoms with Crippen molar-refractivity contribution < 1.29 is 9.21 Å². The highest BCUT2D eigenvalue weighted by Crippen LogP contribution is 2.20.